The lowest BCUT2D eigenvalue weighted by Gasteiger charge is -2.10. The van der Waals surface area contributed by atoms with E-state index < -0.39 is 12.0 Å². The van der Waals surface area contributed by atoms with Crippen LogP contribution in [0.15, 0.2) is 18.2 Å². The zero-order valence-corrected chi connectivity index (χ0v) is 12.1. The fourth-order valence-corrected chi connectivity index (χ4v) is 1.98. The molecule has 21 heavy (non-hydrogen) atoms. The summed E-state index contributed by atoms with van der Waals surface area (Å²) in [5.41, 5.74) is 1.95. The highest BCUT2D eigenvalue weighted by Gasteiger charge is 2.15. The number of anilines is 2. The number of carboxylic acid groups (broad SMARTS) is 1. The Labute approximate surface area is 125 Å². The number of carbonyl (C=O) groups excluding carboxylic acids is 1. The number of aromatic amines is 1. The lowest BCUT2D eigenvalue weighted by atomic mass is 10.2. The molecule has 1 aromatic carbocycles. The van der Waals surface area contributed by atoms with Crippen LogP contribution in [-0.2, 0) is 0 Å². The van der Waals surface area contributed by atoms with E-state index in [-0.39, 0.29) is 11.3 Å². The van der Waals surface area contributed by atoms with E-state index in [2.05, 4.69) is 20.8 Å². The van der Waals surface area contributed by atoms with Crippen LogP contribution in [0.1, 0.15) is 21.7 Å². The van der Waals surface area contributed by atoms with E-state index in [9.17, 15) is 9.59 Å². The summed E-state index contributed by atoms with van der Waals surface area (Å²) in [6, 6.07) is 3.57. The van der Waals surface area contributed by atoms with Crippen LogP contribution in [0.5, 0.6) is 0 Å². The van der Waals surface area contributed by atoms with Crippen molar-refractivity contribution in [2.24, 2.45) is 0 Å². The third-order valence-electron chi connectivity index (χ3n) is 2.83. The van der Waals surface area contributed by atoms with Gasteiger partial charge in [0.25, 0.3) is 0 Å². The molecule has 2 amide bonds. The molecule has 0 atom stereocenters. The Hall–Kier alpha value is -2.54. The number of H-pyrrole nitrogens is 1. The third kappa shape index (κ3) is 3.32. The Kier molecular flexibility index (Phi) is 4.13. The van der Waals surface area contributed by atoms with Gasteiger partial charge in [-0.15, -0.1) is 0 Å². The molecule has 2 aromatic rings. The molecule has 0 aliphatic rings. The Morgan fingerprint density at radius 3 is 2.57 bits per heavy atom. The number of urea groups is 1. The fraction of sp³-hybridized carbons (Fsp3) is 0.154. The van der Waals surface area contributed by atoms with Gasteiger partial charge in [0.05, 0.1) is 28.3 Å². The number of aromatic nitrogens is 2. The van der Waals surface area contributed by atoms with Crippen molar-refractivity contribution in [2.75, 3.05) is 10.6 Å². The fourth-order valence-electron chi connectivity index (χ4n) is 1.81. The van der Waals surface area contributed by atoms with Gasteiger partial charge in [0, 0.05) is 5.02 Å². The maximum absolute atomic E-state index is 12.0. The largest absolute Gasteiger partial charge is 0.478 e. The number of hydrogen-bond acceptors (Lipinski definition) is 3. The molecule has 0 bridgehead atoms. The molecule has 7 nitrogen and oxygen atoms in total. The molecule has 0 unspecified atom stereocenters. The van der Waals surface area contributed by atoms with E-state index >= 15 is 0 Å². The molecule has 0 saturated carbocycles. The highest BCUT2D eigenvalue weighted by atomic mass is 35.5. The number of nitrogens with zero attached hydrogens (tertiary/aromatic N) is 1. The van der Waals surface area contributed by atoms with Gasteiger partial charge in [-0.25, -0.2) is 9.59 Å². The second-order valence-corrected chi connectivity index (χ2v) is 4.82. The lowest BCUT2D eigenvalue weighted by Crippen LogP contribution is -2.21. The smallest absolute Gasteiger partial charge is 0.337 e. The number of carboxylic acids is 1. The SMILES string of the molecule is Cc1n[nH]c(C)c1NC(=O)Nc1cc(Cl)ccc1C(=O)O. The Balaban J connectivity index is 2.20. The molecule has 8 heteroatoms. The molecule has 0 radical (unpaired) electrons. The molecule has 0 aliphatic carbocycles. The number of halogens is 1. The van der Waals surface area contributed by atoms with Crippen molar-refractivity contribution < 1.29 is 14.7 Å². The average Bonchev–Trinajstić information content (AvgIpc) is 2.70. The minimum atomic E-state index is -1.15. The molecular formula is C13H13ClN4O3. The molecule has 1 heterocycles. The summed E-state index contributed by atoms with van der Waals surface area (Å²) < 4.78 is 0. The van der Waals surface area contributed by atoms with Gasteiger partial charge in [0.2, 0.25) is 0 Å². The van der Waals surface area contributed by atoms with Crippen molar-refractivity contribution in [3.63, 3.8) is 0 Å². The maximum atomic E-state index is 12.0. The third-order valence-corrected chi connectivity index (χ3v) is 3.06. The molecule has 0 fully saturated rings. The number of benzene rings is 1. The predicted molar refractivity (Wildman–Crippen MR) is 79.1 cm³/mol. The summed E-state index contributed by atoms with van der Waals surface area (Å²) in [4.78, 5) is 23.1. The first-order valence-electron chi connectivity index (χ1n) is 6.01. The van der Waals surface area contributed by atoms with Gasteiger partial charge in [-0.3, -0.25) is 5.10 Å². The van der Waals surface area contributed by atoms with Gasteiger partial charge in [-0.2, -0.15) is 5.10 Å². The van der Waals surface area contributed by atoms with Crippen LogP contribution < -0.4 is 10.6 Å². The average molecular weight is 309 g/mol. The number of carbonyl (C=O) groups is 2. The van der Waals surface area contributed by atoms with Gasteiger partial charge >= 0.3 is 12.0 Å². The highest BCUT2D eigenvalue weighted by Crippen LogP contribution is 2.22. The summed E-state index contributed by atoms with van der Waals surface area (Å²) >= 11 is 5.82. The van der Waals surface area contributed by atoms with Crippen molar-refractivity contribution in [1.82, 2.24) is 10.2 Å². The van der Waals surface area contributed by atoms with Crippen molar-refractivity contribution in [1.29, 1.82) is 0 Å². The van der Waals surface area contributed by atoms with Gasteiger partial charge in [0.15, 0.2) is 0 Å². The summed E-state index contributed by atoms with van der Waals surface area (Å²) in [6.45, 7) is 3.50. The van der Waals surface area contributed by atoms with Crippen LogP contribution in [0.25, 0.3) is 0 Å². The van der Waals surface area contributed by atoms with Crippen molar-refractivity contribution in [3.8, 4) is 0 Å². The molecule has 1 aromatic heterocycles. The highest BCUT2D eigenvalue weighted by molar-refractivity contribution is 6.31. The zero-order chi connectivity index (χ0) is 15.6. The van der Waals surface area contributed by atoms with E-state index in [0.29, 0.717) is 22.1 Å². The molecule has 0 saturated heterocycles. The van der Waals surface area contributed by atoms with Crippen LogP contribution >= 0.6 is 11.6 Å². The summed E-state index contributed by atoms with van der Waals surface area (Å²) in [5, 5.41) is 21.2. The van der Waals surface area contributed by atoms with E-state index in [1.807, 2.05) is 0 Å². The Morgan fingerprint density at radius 2 is 2.00 bits per heavy atom. The predicted octanol–water partition coefficient (Wildman–Crippen LogP) is 3.02. The number of aromatic carboxylic acids is 1. The minimum Gasteiger partial charge on any atom is -0.478 e. The van der Waals surface area contributed by atoms with Crippen molar-refractivity contribution in [3.05, 3.63) is 40.2 Å². The van der Waals surface area contributed by atoms with E-state index in [1.54, 1.807) is 13.8 Å². The van der Waals surface area contributed by atoms with Crippen molar-refractivity contribution >= 4 is 35.0 Å². The monoisotopic (exact) mass is 308 g/mol. The molecule has 110 valence electrons. The Bertz CT molecular complexity index is 692. The number of aryl methyl sites for hydroxylation is 2. The molecular weight excluding hydrogens is 296 g/mol. The minimum absolute atomic E-state index is 0.0461. The summed E-state index contributed by atoms with van der Waals surface area (Å²) in [7, 11) is 0. The van der Waals surface area contributed by atoms with Crippen LogP contribution in [0, 0.1) is 13.8 Å². The second kappa shape index (κ2) is 5.84. The van der Waals surface area contributed by atoms with Gasteiger partial charge < -0.3 is 15.7 Å². The molecule has 4 N–H and O–H groups in total. The normalized spacial score (nSPS) is 10.2. The first kappa shape index (κ1) is 14.9. The Morgan fingerprint density at radius 1 is 1.29 bits per heavy atom. The molecule has 0 aliphatic heterocycles. The van der Waals surface area contributed by atoms with E-state index in [4.69, 9.17) is 16.7 Å². The number of rotatable bonds is 3. The van der Waals surface area contributed by atoms with Crippen LogP contribution in [0.4, 0.5) is 16.2 Å². The lowest BCUT2D eigenvalue weighted by molar-refractivity contribution is 0.0698. The van der Waals surface area contributed by atoms with Gasteiger partial charge in [0.1, 0.15) is 0 Å². The summed E-state index contributed by atoms with van der Waals surface area (Å²) in [5.74, 6) is -1.15. The van der Waals surface area contributed by atoms with Crippen molar-refractivity contribution in [2.45, 2.75) is 13.8 Å². The maximum Gasteiger partial charge on any atom is 0.337 e. The molecule has 2 rings (SSSR count). The first-order valence-corrected chi connectivity index (χ1v) is 6.38. The van der Waals surface area contributed by atoms with Gasteiger partial charge in [-0.05, 0) is 32.0 Å². The summed E-state index contributed by atoms with van der Waals surface area (Å²) in [6.07, 6.45) is 0. The quantitative estimate of drug-likeness (QED) is 0.699. The zero-order valence-electron chi connectivity index (χ0n) is 11.3. The van der Waals surface area contributed by atoms with E-state index in [1.165, 1.54) is 18.2 Å². The second-order valence-electron chi connectivity index (χ2n) is 4.38. The number of hydrogen-bond donors (Lipinski definition) is 4. The number of nitrogens with one attached hydrogen (secondary N) is 3. The first-order chi connectivity index (χ1) is 9.88. The van der Waals surface area contributed by atoms with Crippen LogP contribution in [0.3, 0.4) is 0 Å². The van der Waals surface area contributed by atoms with Crippen LogP contribution in [-0.4, -0.2) is 27.3 Å². The molecule has 0 spiro atoms. The standard InChI is InChI=1S/C13H13ClN4O3/c1-6-11(7(2)18-17-6)16-13(21)15-10-5-8(14)3-4-9(10)12(19)20/h3-5H,1-2H3,(H,17,18)(H,19,20)(H2,15,16,21). The topological polar surface area (TPSA) is 107 Å². The van der Waals surface area contributed by atoms with E-state index in [0.717, 1.165) is 0 Å². The number of amides is 2. The van der Waals surface area contributed by atoms with Crippen LogP contribution in [0.2, 0.25) is 5.02 Å². The van der Waals surface area contributed by atoms with Gasteiger partial charge in [-0.1, -0.05) is 11.6 Å².